The second-order valence-electron chi connectivity index (χ2n) is 5.54. The fourth-order valence-corrected chi connectivity index (χ4v) is 2.42. The second kappa shape index (κ2) is 7.82. The second-order valence-corrected chi connectivity index (χ2v) is 5.54. The average molecular weight is 309 g/mol. The van der Waals surface area contributed by atoms with Crippen LogP contribution in [0.2, 0.25) is 0 Å². The zero-order valence-electron chi connectivity index (χ0n) is 12.5. The molecule has 0 atom stereocenters. The first-order valence-corrected chi connectivity index (χ1v) is 7.46. The number of aromatic nitrogens is 2. The molecule has 0 radical (unpaired) electrons. The van der Waals surface area contributed by atoms with Crippen LogP contribution in [0, 0.1) is 5.82 Å². The van der Waals surface area contributed by atoms with Gasteiger partial charge in [-0.25, -0.2) is 14.4 Å². The van der Waals surface area contributed by atoms with Gasteiger partial charge in [0.25, 0.3) is 0 Å². The van der Waals surface area contributed by atoms with Crippen molar-refractivity contribution in [3.8, 4) is 6.01 Å². The fourth-order valence-electron chi connectivity index (χ4n) is 2.42. The Morgan fingerprint density at radius 1 is 1.23 bits per heavy atom. The SMILES string of the molecule is CC(=O)CCC(=O)NC1CCC(Oc2ncc(F)cn2)CC1. The summed E-state index contributed by atoms with van der Waals surface area (Å²) in [6.07, 6.45) is 5.82. The van der Waals surface area contributed by atoms with Gasteiger partial charge in [0.15, 0.2) is 5.82 Å². The fraction of sp³-hybridized carbons (Fsp3) is 0.600. The first-order chi connectivity index (χ1) is 10.5. The molecule has 1 aromatic heterocycles. The lowest BCUT2D eigenvalue weighted by molar-refractivity contribution is -0.125. The summed E-state index contributed by atoms with van der Waals surface area (Å²) in [6.45, 7) is 1.48. The molecule has 0 bridgehead atoms. The van der Waals surface area contributed by atoms with Gasteiger partial charge in [0.05, 0.1) is 12.4 Å². The zero-order chi connectivity index (χ0) is 15.9. The van der Waals surface area contributed by atoms with Crippen molar-refractivity contribution in [2.75, 3.05) is 0 Å². The van der Waals surface area contributed by atoms with Gasteiger partial charge in [-0.3, -0.25) is 4.79 Å². The molecular formula is C15H20FN3O3. The number of hydrogen-bond donors (Lipinski definition) is 1. The number of nitrogens with one attached hydrogen (secondary N) is 1. The van der Waals surface area contributed by atoms with E-state index in [0.717, 1.165) is 38.1 Å². The third kappa shape index (κ3) is 5.38. The van der Waals surface area contributed by atoms with Crippen LogP contribution in [0.4, 0.5) is 4.39 Å². The van der Waals surface area contributed by atoms with E-state index in [1.807, 2.05) is 0 Å². The number of carbonyl (C=O) groups is 2. The molecule has 0 saturated heterocycles. The van der Waals surface area contributed by atoms with Crippen molar-refractivity contribution in [3.05, 3.63) is 18.2 Å². The Hall–Kier alpha value is -2.05. The number of amides is 1. The highest BCUT2D eigenvalue weighted by atomic mass is 19.1. The highest BCUT2D eigenvalue weighted by molar-refractivity contribution is 5.83. The van der Waals surface area contributed by atoms with Gasteiger partial charge in [-0.1, -0.05) is 0 Å². The summed E-state index contributed by atoms with van der Waals surface area (Å²) in [5.74, 6) is -0.558. The third-order valence-electron chi connectivity index (χ3n) is 3.61. The van der Waals surface area contributed by atoms with Gasteiger partial charge in [0.1, 0.15) is 11.9 Å². The van der Waals surface area contributed by atoms with Crippen molar-refractivity contribution in [1.82, 2.24) is 15.3 Å². The number of hydrogen-bond acceptors (Lipinski definition) is 5. The van der Waals surface area contributed by atoms with Gasteiger partial charge < -0.3 is 14.8 Å². The molecule has 0 aromatic carbocycles. The number of ketones is 1. The molecule has 1 aromatic rings. The molecule has 1 saturated carbocycles. The van der Waals surface area contributed by atoms with Crippen LogP contribution in [0.5, 0.6) is 6.01 Å². The Morgan fingerprint density at radius 2 is 1.86 bits per heavy atom. The Labute approximate surface area is 128 Å². The molecule has 1 fully saturated rings. The normalized spacial score (nSPS) is 21.2. The number of Topliss-reactive ketones (excluding diaryl/α,β-unsaturated/α-hetero) is 1. The quantitative estimate of drug-likeness (QED) is 0.866. The van der Waals surface area contributed by atoms with E-state index >= 15 is 0 Å². The summed E-state index contributed by atoms with van der Waals surface area (Å²) in [7, 11) is 0. The minimum atomic E-state index is -0.496. The van der Waals surface area contributed by atoms with Crippen LogP contribution in [0.15, 0.2) is 12.4 Å². The molecule has 6 nitrogen and oxygen atoms in total. The highest BCUT2D eigenvalue weighted by Crippen LogP contribution is 2.22. The summed E-state index contributed by atoms with van der Waals surface area (Å²) in [6, 6.07) is 0.295. The first kappa shape index (κ1) is 16.3. The van der Waals surface area contributed by atoms with Gasteiger partial charge in [-0.2, -0.15) is 0 Å². The summed E-state index contributed by atoms with van der Waals surface area (Å²) >= 11 is 0. The van der Waals surface area contributed by atoms with Crippen LogP contribution >= 0.6 is 0 Å². The predicted octanol–water partition coefficient (Wildman–Crippen LogP) is 1.79. The van der Waals surface area contributed by atoms with Crippen LogP contribution in [0.25, 0.3) is 0 Å². The molecule has 1 aliphatic carbocycles. The number of ether oxygens (including phenoxy) is 1. The maximum Gasteiger partial charge on any atom is 0.316 e. The van der Waals surface area contributed by atoms with E-state index in [0.29, 0.717) is 0 Å². The highest BCUT2D eigenvalue weighted by Gasteiger charge is 2.24. The Balaban J connectivity index is 1.70. The first-order valence-electron chi connectivity index (χ1n) is 7.46. The zero-order valence-corrected chi connectivity index (χ0v) is 12.5. The van der Waals surface area contributed by atoms with Crippen LogP contribution in [0.3, 0.4) is 0 Å². The van der Waals surface area contributed by atoms with Gasteiger partial charge in [-0.05, 0) is 32.6 Å². The molecule has 2 rings (SSSR count). The van der Waals surface area contributed by atoms with Crippen LogP contribution in [0.1, 0.15) is 45.4 Å². The predicted molar refractivity (Wildman–Crippen MR) is 76.7 cm³/mol. The molecule has 0 unspecified atom stereocenters. The van der Waals surface area contributed by atoms with Crippen LogP contribution < -0.4 is 10.1 Å². The third-order valence-corrected chi connectivity index (χ3v) is 3.61. The largest absolute Gasteiger partial charge is 0.460 e. The molecule has 1 N–H and O–H groups in total. The molecule has 1 heterocycles. The Morgan fingerprint density at radius 3 is 2.45 bits per heavy atom. The molecule has 0 spiro atoms. The lowest BCUT2D eigenvalue weighted by Gasteiger charge is -2.28. The van der Waals surface area contributed by atoms with Crippen molar-refractivity contribution in [1.29, 1.82) is 0 Å². The summed E-state index contributed by atoms with van der Waals surface area (Å²) in [5.41, 5.74) is 0. The van der Waals surface area contributed by atoms with Crippen LogP contribution in [-0.4, -0.2) is 33.8 Å². The lowest BCUT2D eigenvalue weighted by Crippen LogP contribution is -2.39. The van der Waals surface area contributed by atoms with E-state index in [-0.39, 0.29) is 42.7 Å². The molecular weight excluding hydrogens is 289 g/mol. The maximum absolute atomic E-state index is 12.7. The van der Waals surface area contributed by atoms with Crippen molar-refractivity contribution in [3.63, 3.8) is 0 Å². The number of nitrogens with zero attached hydrogens (tertiary/aromatic N) is 2. The van der Waals surface area contributed by atoms with E-state index in [2.05, 4.69) is 15.3 Å². The summed E-state index contributed by atoms with van der Waals surface area (Å²) < 4.78 is 18.3. The monoisotopic (exact) mass is 309 g/mol. The van der Waals surface area contributed by atoms with Gasteiger partial charge in [0, 0.05) is 18.9 Å². The van der Waals surface area contributed by atoms with Gasteiger partial charge >= 0.3 is 6.01 Å². The number of halogens is 1. The van der Waals surface area contributed by atoms with Gasteiger partial charge in [-0.15, -0.1) is 0 Å². The average Bonchev–Trinajstić information content (AvgIpc) is 2.49. The molecule has 120 valence electrons. The summed E-state index contributed by atoms with van der Waals surface area (Å²) in [5, 5.41) is 2.94. The van der Waals surface area contributed by atoms with E-state index in [1.54, 1.807) is 0 Å². The summed E-state index contributed by atoms with van der Waals surface area (Å²) in [4.78, 5) is 30.1. The van der Waals surface area contributed by atoms with Crippen molar-refractivity contribution >= 4 is 11.7 Å². The Kier molecular flexibility index (Phi) is 5.80. The van der Waals surface area contributed by atoms with Crippen molar-refractivity contribution in [2.24, 2.45) is 0 Å². The van der Waals surface area contributed by atoms with E-state index < -0.39 is 5.82 Å². The van der Waals surface area contributed by atoms with Crippen LogP contribution in [-0.2, 0) is 9.59 Å². The molecule has 7 heteroatoms. The lowest BCUT2D eigenvalue weighted by atomic mass is 9.93. The number of rotatable bonds is 6. The van der Waals surface area contributed by atoms with E-state index in [9.17, 15) is 14.0 Å². The van der Waals surface area contributed by atoms with E-state index in [1.165, 1.54) is 6.92 Å². The van der Waals surface area contributed by atoms with Crippen molar-refractivity contribution in [2.45, 2.75) is 57.6 Å². The minimum absolute atomic E-state index is 0.0177. The molecule has 22 heavy (non-hydrogen) atoms. The smallest absolute Gasteiger partial charge is 0.316 e. The van der Waals surface area contributed by atoms with Crippen molar-refractivity contribution < 1.29 is 18.7 Å². The standard InChI is InChI=1S/C15H20FN3O3/c1-10(20)2-7-14(21)19-12-3-5-13(6-4-12)22-15-17-8-11(16)9-18-15/h8-9,12-13H,2-7H2,1H3,(H,19,21). The molecule has 1 aliphatic rings. The van der Waals surface area contributed by atoms with Gasteiger partial charge in [0.2, 0.25) is 5.91 Å². The molecule has 1 amide bonds. The molecule has 0 aliphatic heterocycles. The number of carbonyl (C=O) groups excluding carboxylic acids is 2. The Bertz CT molecular complexity index is 513. The topological polar surface area (TPSA) is 81.2 Å². The van der Waals surface area contributed by atoms with E-state index in [4.69, 9.17) is 4.74 Å². The maximum atomic E-state index is 12.7. The minimum Gasteiger partial charge on any atom is -0.460 e.